The van der Waals surface area contributed by atoms with E-state index in [0.717, 1.165) is 27.9 Å². The van der Waals surface area contributed by atoms with Crippen LogP contribution in [0.4, 0.5) is 5.69 Å². The van der Waals surface area contributed by atoms with Crippen LogP contribution in [0.25, 0.3) is 0 Å². The Balaban J connectivity index is 1.27. The lowest BCUT2D eigenvalue weighted by Crippen LogP contribution is -2.39. The molecule has 200 valence electrons. The Kier molecular flexibility index (Phi) is 8.08. The molecule has 0 radical (unpaired) electrons. The second-order valence-electron chi connectivity index (χ2n) is 9.69. The molecule has 0 spiro atoms. The maximum Gasteiger partial charge on any atom is 0.227 e. The second kappa shape index (κ2) is 11.1. The van der Waals surface area contributed by atoms with Crippen molar-refractivity contribution >= 4 is 27.5 Å². The molecule has 0 saturated carbocycles. The third kappa shape index (κ3) is 5.91. The van der Waals surface area contributed by atoms with Crippen molar-refractivity contribution in [2.75, 3.05) is 44.5 Å². The number of nitrogens with one attached hydrogen (secondary N) is 1. The lowest BCUT2D eigenvalue weighted by atomic mass is 10.0. The van der Waals surface area contributed by atoms with Crippen LogP contribution >= 0.6 is 0 Å². The fourth-order valence-corrected chi connectivity index (χ4v) is 6.33. The van der Waals surface area contributed by atoms with Crippen molar-refractivity contribution in [3.8, 4) is 11.5 Å². The van der Waals surface area contributed by atoms with E-state index >= 15 is 0 Å². The Bertz CT molecular complexity index is 1290. The van der Waals surface area contributed by atoms with Crippen molar-refractivity contribution in [3.63, 3.8) is 0 Å². The molecule has 2 heterocycles. The van der Waals surface area contributed by atoms with Crippen LogP contribution in [0.3, 0.4) is 0 Å². The minimum Gasteiger partial charge on any atom is -0.493 e. The van der Waals surface area contributed by atoms with Gasteiger partial charge in [-0.25, -0.2) is 8.42 Å². The van der Waals surface area contributed by atoms with Crippen LogP contribution in [0.5, 0.6) is 11.5 Å². The number of carbonyl (C=O) groups is 2. The molecule has 2 aromatic rings. The maximum absolute atomic E-state index is 13.0. The van der Waals surface area contributed by atoms with E-state index in [1.165, 1.54) is 4.31 Å². The molecule has 1 N–H and O–H groups in total. The number of aryl methyl sites for hydroxylation is 2. The Morgan fingerprint density at radius 2 is 1.76 bits per heavy atom. The van der Waals surface area contributed by atoms with E-state index in [9.17, 15) is 18.0 Å². The Hall–Kier alpha value is -3.11. The smallest absolute Gasteiger partial charge is 0.227 e. The number of carbonyl (C=O) groups excluding carboxylic acids is 2. The highest BCUT2D eigenvalue weighted by atomic mass is 32.2. The molecule has 1 atom stereocenters. The van der Waals surface area contributed by atoms with Gasteiger partial charge >= 0.3 is 0 Å². The monoisotopic (exact) mass is 529 g/mol. The van der Waals surface area contributed by atoms with Crippen molar-refractivity contribution in [3.05, 3.63) is 52.6 Å². The minimum absolute atomic E-state index is 0.0612. The number of rotatable bonds is 9. The van der Waals surface area contributed by atoms with Crippen molar-refractivity contribution in [2.45, 2.75) is 39.7 Å². The van der Waals surface area contributed by atoms with Gasteiger partial charge in [0.25, 0.3) is 0 Å². The summed E-state index contributed by atoms with van der Waals surface area (Å²) in [6.07, 6.45) is 1.04. The average molecular weight is 530 g/mol. The third-order valence-electron chi connectivity index (χ3n) is 7.25. The highest BCUT2D eigenvalue weighted by Crippen LogP contribution is 2.34. The summed E-state index contributed by atoms with van der Waals surface area (Å²) >= 11 is 0. The van der Waals surface area contributed by atoms with Gasteiger partial charge in [-0.3, -0.25) is 9.59 Å². The number of nitrogens with zero attached hydrogens (tertiary/aromatic N) is 2. The molecule has 4 rings (SSSR count). The lowest BCUT2D eigenvalue weighted by Gasteiger charge is -2.29. The van der Waals surface area contributed by atoms with E-state index in [1.54, 1.807) is 19.1 Å². The van der Waals surface area contributed by atoms with Gasteiger partial charge in [0.1, 0.15) is 0 Å². The molecule has 1 fully saturated rings. The van der Waals surface area contributed by atoms with Gasteiger partial charge in [-0.2, -0.15) is 4.31 Å². The Morgan fingerprint density at radius 1 is 1.05 bits per heavy atom. The second-order valence-corrected chi connectivity index (χ2v) is 11.8. The maximum atomic E-state index is 13.0. The van der Waals surface area contributed by atoms with E-state index in [-0.39, 0.29) is 37.1 Å². The Labute approximate surface area is 218 Å². The van der Waals surface area contributed by atoms with Gasteiger partial charge < -0.3 is 19.7 Å². The van der Waals surface area contributed by atoms with Crippen LogP contribution in [0, 0.1) is 19.8 Å². The van der Waals surface area contributed by atoms with Gasteiger partial charge in [-0.05, 0) is 73.2 Å². The first-order chi connectivity index (χ1) is 17.6. The summed E-state index contributed by atoms with van der Waals surface area (Å²) in [6.45, 7) is 5.25. The molecule has 0 aliphatic carbocycles. The number of methoxy groups -OCH3 is 2. The van der Waals surface area contributed by atoms with Crippen LogP contribution in [0.15, 0.2) is 30.3 Å². The highest BCUT2D eigenvalue weighted by Gasteiger charge is 2.35. The van der Waals surface area contributed by atoms with E-state index < -0.39 is 15.9 Å². The van der Waals surface area contributed by atoms with Gasteiger partial charge in [0.2, 0.25) is 21.8 Å². The number of ether oxygens (including phenoxy) is 2. The molecule has 2 amide bonds. The van der Waals surface area contributed by atoms with Crippen molar-refractivity contribution in [1.29, 1.82) is 0 Å². The average Bonchev–Trinajstić information content (AvgIpc) is 3.28. The minimum atomic E-state index is -3.49. The van der Waals surface area contributed by atoms with E-state index in [2.05, 4.69) is 5.32 Å². The summed E-state index contributed by atoms with van der Waals surface area (Å²) in [5.41, 5.74) is 5.00. The number of sulfonamides is 1. The number of hydrogen-bond donors (Lipinski definition) is 1. The van der Waals surface area contributed by atoms with Crippen LogP contribution in [0.2, 0.25) is 0 Å². The third-order valence-corrected chi connectivity index (χ3v) is 9.16. The lowest BCUT2D eigenvalue weighted by molar-refractivity contribution is -0.126. The summed E-state index contributed by atoms with van der Waals surface area (Å²) in [4.78, 5) is 26.9. The molecule has 2 aliphatic heterocycles. The Morgan fingerprint density at radius 3 is 2.43 bits per heavy atom. The topological polar surface area (TPSA) is 105 Å². The normalized spacial score (nSPS) is 18.0. The predicted molar refractivity (Wildman–Crippen MR) is 141 cm³/mol. The highest BCUT2D eigenvalue weighted by molar-refractivity contribution is 7.89. The zero-order valence-electron chi connectivity index (χ0n) is 21.9. The molecule has 37 heavy (non-hydrogen) atoms. The van der Waals surface area contributed by atoms with Crippen LogP contribution < -0.4 is 19.7 Å². The molecule has 0 aromatic heterocycles. The van der Waals surface area contributed by atoms with Crippen molar-refractivity contribution in [1.82, 2.24) is 9.62 Å². The predicted octanol–water partition coefficient (Wildman–Crippen LogP) is 2.57. The summed E-state index contributed by atoms with van der Waals surface area (Å²) in [6, 6.07) is 9.57. The molecule has 10 heteroatoms. The number of fused-ring (bicyclic) bond motifs is 1. The number of hydrogen-bond acceptors (Lipinski definition) is 6. The first-order valence-electron chi connectivity index (χ1n) is 12.5. The summed E-state index contributed by atoms with van der Waals surface area (Å²) in [7, 11) is -0.361. The quantitative estimate of drug-likeness (QED) is 0.501. The van der Waals surface area contributed by atoms with Gasteiger partial charge in [0.15, 0.2) is 11.5 Å². The first-order valence-corrected chi connectivity index (χ1v) is 14.1. The molecule has 9 nitrogen and oxygen atoms in total. The summed E-state index contributed by atoms with van der Waals surface area (Å²) in [5, 5.41) is 2.83. The SMILES string of the molecule is COc1cc2c(cc1OC)CN(S(=O)(=O)CCCNC(=O)C1CC(=O)N(c3ccc(C)c(C)c3)C1)CC2. The van der Waals surface area contributed by atoms with E-state index in [4.69, 9.17) is 9.47 Å². The van der Waals surface area contributed by atoms with E-state index in [1.807, 2.05) is 44.2 Å². The fourth-order valence-electron chi connectivity index (χ4n) is 4.86. The molecule has 2 aromatic carbocycles. The molecule has 2 aliphatic rings. The van der Waals surface area contributed by atoms with Crippen molar-refractivity contribution < 1.29 is 27.5 Å². The zero-order chi connectivity index (χ0) is 26.7. The van der Waals surface area contributed by atoms with Gasteiger partial charge in [0, 0.05) is 38.3 Å². The summed E-state index contributed by atoms with van der Waals surface area (Å²) in [5.74, 6) is 0.403. The fraction of sp³-hybridized carbons (Fsp3) is 0.481. The standard InChI is InChI=1S/C27H35N3O6S/c1-18-6-7-23(12-19(18)2)30-17-22(15-26(30)31)27(32)28-9-5-11-37(33,34)29-10-8-20-13-24(35-3)25(36-4)14-21(20)16-29/h6-7,12-14,22H,5,8-11,15-17H2,1-4H3,(H,28,32). The van der Waals surface area contributed by atoms with Crippen LogP contribution in [-0.4, -0.2) is 64.1 Å². The largest absolute Gasteiger partial charge is 0.493 e. The number of amides is 2. The van der Waals surface area contributed by atoms with Gasteiger partial charge in [-0.15, -0.1) is 0 Å². The summed E-state index contributed by atoms with van der Waals surface area (Å²) < 4.78 is 38.1. The molecule has 1 saturated heterocycles. The van der Waals surface area contributed by atoms with Crippen LogP contribution in [-0.2, 0) is 32.6 Å². The van der Waals surface area contributed by atoms with Crippen molar-refractivity contribution in [2.24, 2.45) is 5.92 Å². The molecule has 1 unspecified atom stereocenters. The zero-order valence-corrected chi connectivity index (χ0v) is 22.7. The number of anilines is 1. The van der Waals surface area contributed by atoms with Gasteiger partial charge in [-0.1, -0.05) is 6.07 Å². The van der Waals surface area contributed by atoms with E-state index in [0.29, 0.717) is 37.4 Å². The molecular formula is C27H35N3O6S. The molecule has 0 bridgehead atoms. The molecular weight excluding hydrogens is 494 g/mol. The first kappa shape index (κ1) is 26.9. The van der Waals surface area contributed by atoms with Crippen LogP contribution in [0.1, 0.15) is 35.1 Å². The van der Waals surface area contributed by atoms with Gasteiger partial charge in [0.05, 0.1) is 25.9 Å². The number of benzene rings is 2.